The van der Waals surface area contributed by atoms with Crippen LogP contribution in [0, 0.1) is 23.6 Å². The molecule has 8 heteroatoms. The number of carbonyl (C=O) groups is 1. The Labute approximate surface area is 175 Å². The Morgan fingerprint density at radius 2 is 1.97 bits per heavy atom. The number of halogens is 1. The summed E-state index contributed by atoms with van der Waals surface area (Å²) in [6, 6.07) is 3.10. The summed E-state index contributed by atoms with van der Waals surface area (Å²) in [7, 11) is 3.60. The molecule has 0 spiro atoms. The second kappa shape index (κ2) is 7.81. The second-order valence-electron chi connectivity index (χ2n) is 8.38. The highest BCUT2D eigenvalue weighted by molar-refractivity contribution is 5.79. The van der Waals surface area contributed by atoms with Crippen LogP contribution in [0.4, 0.5) is 10.3 Å². The van der Waals surface area contributed by atoms with Crippen LogP contribution in [0.3, 0.4) is 0 Å². The van der Waals surface area contributed by atoms with Gasteiger partial charge < -0.3 is 9.80 Å². The van der Waals surface area contributed by atoms with E-state index < -0.39 is 5.82 Å². The quantitative estimate of drug-likeness (QED) is 0.727. The molecule has 7 nitrogen and oxygen atoms in total. The van der Waals surface area contributed by atoms with Crippen molar-refractivity contribution in [2.24, 2.45) is 24.8 Å². The standard InChI is InChI=1S/C22H28FN5O2/c1-5-13(6-2)21(30)28-11-15-16(12-28)20(15)27(4)22-25-18(9-19(29)26(22)3)14-7-8-24-10-17(14)23/h7-10,13,15-16,20H,5-6,11-12H2,1-4H3/t15-,16+,20?. The zero-order valence-electron chi connectivity index (χ0n) is 17.9. The lowest BCUT2D eigenvalue weighted by Crippen LogP contribution is -2.40. The Morgan fingerprint density at radius 1 is 1.30 bits per heavy atom. The summed E-state index contributed by atoms with van der Waals surface area (Å²) in [5.41, 5.74) is 0.320. The molecule has 1 unspecified atom stereocenters. The molecule has 30 heavy (non-hydrogen) atoms. The minimum absolute atomic E-state index is 0.105. The summed E-state index contributed by atoms with van der Waals surface area (Å²) < 4.78 is 15.7. The maximum Gasteiger partial charge on any atom is 0.255 e. The van der Waals surface area contributed by atoms with E-state index in [4.69, 9.17) is 0 Å². The SMILES string of the molecule is CCC(CC)C(=O)N1C[C@@H]2C(N(C)c3nc(-c4ccncc4F)cc(=O)n3C)[C@@H]2C1. The lowest BCUT2D eigenvalue weighted by atomic mass is 10.0. The van der Waals surface area contributed by atoms with Gasteiger partial charge in [0.2, 0.25) is 11.9 Å². The topological polar surface area (TPSA) is 71.3 Å². The van der Waals surface area contributed by atoms with Gasteiger partial charge in [0.25, 0.3) is 5.56 Å². The van der Waals surface area contributed by atoms with E-state index in [9.17, 15) is 14.0 Å². The molecule has 3 heterocycles. The third-order valence-electron chi connectivity index (χ3n) is 6.72. The van der Waals surface area contributed by atoms with Gasteiger partial charge in [0.15, 0.2) is 5.82 Å². The molecule has 160 valence electrons. The number of hydrogen-bond acceptors (Lipinski definition) is 5. The predicted molar refractivity (Wildman–Crippen MR) is 112 cm³/mol. The number of nitrogens with zero attached hydrogens (tertiary/aromatic N) is 5. The average Bonchev–Trinajstić information content (AvgIpc) is 3.23. The fourth-order valence-electron chi connectivity index (χ4n) is 4.84. The molecule has 1 amide bonds. The Hall–Kier alpha value is -2.77. The van der Waals surface area contributed by atoms with E-state index in [2.05, 4.69) is 23.8 Å². The van der Waals surface area contributed by atoms with Crippen LogP contribution < -0.4 is 10.5 Å². The van der Waals surface area contributed by atoms with Crippen molar-refractivity contribution in [3.63, 3.8) is 0 Å². The fourth-order valence-corrected chi connectivity index (χ4v) is 4.84. The molecule has 1 aliphatic carbocycles. The molecule has 2 fully saturated rings. The summed E-state index contributed by atoms with van der Waals surface area (Å²) in [6.07, 6.45) is 4.34. The number of carbonyl (C=O) groups excluding carboxylic acids is 1. The molecule has 1 saturated carbocycles. The van der Waals surface area contributed by atoms with E-state index in [1.807, 2.05) is 16.8 Å². The smallest absolute Gasteiger partial charge is 0.255 e. The summed E-state index contributed by atoms with van der Waals surface area (Å²) in [5, 5.41) is 0. The molecule has 3 atom stereocenters. The van der Waals surface area contributed by atoms with Crippen LogP contribution in [0.2, 0.25) is 0 Å². The first-order chi connectivity index (χ1) is 14.4. The van der Waals surface area contributed by atoms with E-state index >= 15 is 0 Å². The van der Waals surface area contributed by atoms with Gasteiger partial charge in [-0.15, -0.1) is 0 Å². The second-order valence-corrected chi connectivity index (χ2v) is 8.38. The average molecular weight is 413 g/mol. The fraction of sp³-hybridized carbons (Fsp3) is 0.545. The number of pyridine rings is 1. The van der Waals surface area contributed by atoms with Crippen LogP contribution in [0.15, 0.2) is 29.3 Å². The Balaban J connectivity index is 1.54. The predicted octanol–water partition coefficient (Wildman–Crippen LogP) is 2.31. The molecule has 0 aromatic carbocycles. The summed E-state index contributed by atoms with van der Waals surface area (Å²) in [6.45, 7) is 5.62. The number of rotatable bonds is 6. The third kappa shape index (κ3) is 3.38. The van der Waals surface area contributed by atoms with Gasteiger partial charge in [-0.25, -0.2) is 9.37 Å². The molecule has 0 radical (unpaired) electrons. The van der Waals surface area contributed by atoms with Gasteiger partial charge in [0, 0.05) is 68.8 Å². The van der Waals surface area contributed by atoms with E-state index in [1.54, 1.807) is 7.05 Å². The van der Waals surface area contributed by atoms with Crippen molar-refractivity contribution in [3.05, 3.63) is 40.7 Å². The minimum atomic E-state index is -0.509. The van der Waals surface area contributed by atoms with E-state index in [-0.39, 0.29) is 29.0 Å². The Bertz CT molecular complexity index is 1010. The Morgan fingerprint density at radius 3 is 2.57 bits per heavy atom. The monoisotopic (exact) mass is 413 g/mol. The van der Waals surface area contributed by atoms with E-state index in [1.165, 1.54) is 22.9 Å². The van der Waals surface area contributed by atoms with Crippen LogP contribution in [0.25, 0.3) is 11.3 Å². The lowest BCUT2D eigenvalue weighted by Gasteiger charge is -2.28. The van der Waals surface area contributed by atoms with Gasteiger partial charge >= 0.3 is 0 Å². The van der Waals surface area contributed by atoms with Gasteiger partial charge in [-0.2, -0.15) is 0 Å². The number of likely N-dealkylation sites (tertiary alicyclic amines) is 1. The Kier molecular flexibility index (Phi) is 5.34. The number of amides is 1. The van der Waals surface area contributed by atoms with Gasteiger partial charge in [-0.05, 0) is 18.9 Å². The molecule has 2 aromatic rings. The van der Waals surface area contributed by atoms with Crippen LogP contribution in [0.5, 0.6) is 0 Å². The maximum atomic E-state index is 14.2. The first-order valence-corrected chi connectivity index (χ1v) is 10.6. The van der Waals surface area contributed by atoms with Crippen molar-refractivity contribution in [2.45, 2.75) is 32.7 Å². The molecular weight excluding hydrogens is 385 g/mol. The highest BCUT2D eigenvalue weighted by Gasteiger charge is 2.59. The van der Waals surface area contributed by atoms with Crippen molar-refractivity contribution in [1.82, 2.24) is 19.4 Å². The summed E-state index contributed by atoms with van der Waals surface area (Å²) in [4.78, 5) is 37.6. The van der Waals surface area contributed by atoms with Gasteiger partial charge in [-0.1, -0.05) is 13.8 Å². The van der Waals surface area contributed by atoms with Gasteiger partial charge in [0.05, 0.1) is 11.9 Å². The molecule has 0 bridgehead atoms. The van der Waals surface area contributed by atoms with Crippen LogP contribution in [-0.4, -0.2) is 51.5 Å². The van der Waals surface area contributed by atoms with E-state index in [0.29, 0.717) is 23.5 Å². The molecular formula is C22H28FN5O2. The van der Waals surface area contributed by atoms with Crippen molar-refractivity contribution < 1.29 is 9.18 Å². The molecule has 2 aliphatic rings. The highest BCUT2D eigenvalue weighted by Crippen LogP contribution is 2.49. The van der Waals surface area contributed by atoms with Gasteiger partial charge in [-0.3, -0.25) is 19.1 Å². The normalized spacial score (nSPS) is 22.3. The zero-order chi connectivity index (χ0) is 21.6. The van der Waals surface area contributed by atoms with Crippen molar-refractivity contribution >= 4 is 11.9 Å². The van der Waals surface area contributed by atoms with Crippen molar-refractivity contribution in [2.75, 3.05) is 25.0 Å². The molecule has 2 aromatic heterocycles. The highest BCUT2D eigenvalue weighted by atomic mass is 19.1. The van der Waals surface area contributed by atoms with Gasteiger partial charge in [0.1, 0.15) is 0 Å². The summed E-state index contributed by atoms with van der Waals surface area (Å²) >= 11 is 0. The van der Waals surface area contributed by atoms with Crippen molar-refractivity contribution in [3.8, 4) is 11.3 Å². The summed E-state index contributed by atoms with van der Waals surface area (Å²) in [5.74, 6) is 1.12. The number of aromatic nitrogens is 3. The first-order valence-electron chi connectivity index (χ1n) is 10.6. The molecule has 4 rings (SSSR count). The largest absolute Gasteiger partial charge is 0.342 e. The number of piperidine rings is 1. The molecule has 0 N–H and O–H groups in total. The van der Waals surface area contributed by atoms with Crippen LogP contribution in [-0.2, 0) is 11.8 Å². The van der Waals surface area contributed by atoms with Crippen LogP contribution in [0.1, 0.15) is 26.7 Å². The number of fused-ring (bicyclic) bond motifs is 1. The maximum absolute atomic E-state index is 14.2. The molecule has 1 aliphatic heterocycles. The van der Waals surface area contributed by atoms with Crippen molar-refractivity contribution in [1.29, 1.82) is 0 Å². The van der Waals surface area contributed by atoms with E-state index in [0.717, 1.165) is 32.1 Å². The first kappa shape index (κ1) is 20.5. The molecule has 1 saturated heterocycles. The lowest BCUT2D eigenvalue weighted by molar-refractivity contribution is -0.135. The van der Waals surface area contributed by atoms with Crippen LogP contribution >= 0.6 is 0 Å². The minimum Gasteiger partial charge on any atom is -0.342 e. The zero-order valence-corrected chi connectivity index (χ0v) is 17.9. The third-order valence-corrected chi connectivity index (χ3v) is 6.72. The number of hydrogen-bond donors (Lipinski definition) is 0. The number of anilines is 1.